The monoisotopic (exact) mass is 411 g/mol. The van der Waals surface area contributed by atoms with E-state index in [1.165, 1.54) is 41.0 Å². The molecule has 0 aromatic heterocycles. The van der Waals surface area contributed by atoms with Crippen LogP contribution < -0.4 is 24.8 Å². The van der Waals surface area contributed by atoms with Crippen LogP contribution in [-0.4, -0.2) is 4.21 Å². The van der Waals surface area contributed by atoms with Crippen molar-refractivity contribution >= 4 is 4.21 Å². The average Bonchev–Trinajstić information content (AvgIpc) is 3.19. The molecule has 120 valence electrons. The standard InChI is InChI=1S/3C6H7.CH2.2ClH.Zr/c3*1-6-4-2-3-5-6;;;;/h4-5H,2H2,1H3;2*2,4H,3H2,1H3;1H2;2*1H;/q3*-1;;;;+2/p-2. The SMILES string of the molecule is CC1=CC[C-]=C1.CC1=[C-]CC=C1.CC1=[C-]CC=C1.[CH2]=[Zr+2].[Cl-].[Cl-]. The topological polar surface area (TPSA) is 0 Å². The molecular weight excluding hydrogens is 390 g/mol. The van der Waals surface area contributed by atoms with Crippen molar-refractivity contribution in [1.82, 2.24) is 0 Å². The summed E-state index contributed by atoms with van der Waals surface area (Å²) in [6.45, 7) is 6.20. The second-order valence-corrected chi connectivity index (χ2v) is 4.43. The molecule has 3 aliphatic rings. The minimum atomic E-state index is 0. The van der Waals surface area contributed by atoms with Gasteiger partial charge in [-0.15, -0.1) is 26.2 Å². The molecule has 3 aliphatic carbocycles. The molecule has 0 aliphatic heterocycles. The smallest absolute Gasteiger partial charge is 1.00 e. The summed E-state index contributed by atoms with van der Waals surface area (Å²) in [5, 5.41) is 0. The van der Waals surface area contributed by atoms with Gasteiger partial charge in [-0.3, -0.25) is 18.2 Å². The van der Waals surface area contributed by atoms with Gasteiger partial charge in [0.25, 0.3) is 0 Å². The van der Waals surface area contributed by atoms with Gasteiger partial charge in [0.1, 0.15) is 0 Å². The number of hydrogen-bond acceptors (Lipinski definition) is 0. The Bertz CT molecular complexity index is 377. The maximum Gasteiger partial charge on any atom is -1.00 e. The maximum atomic E-state index is 3.34. The number of hydrogen-bond donors (Lipinski definition) is 0. The van der Waals surface area contributed by atoms with Crippen molar-refractivity contribution in [3.8, 4) is 0 Å². The predicted octanol–water partition coefficient (Wildman–Crippen LogP) is -0.939. The summed E-state index contributed by atoms with van der Waals surface area (Å²) < 4.78 is 3.34. The molecule has 0 aromatic rings. The number of allylic oxidation sites excluding steroid dienone is 12. The van der Waals surface area contributed by atoms with Crippen LogP contribution in [0.5, 0.6) is 0 Å². The van der Waals surface area contributed by atoms with Crippen molar-refractivity contribution in [2.75, 3.05) is 0 Å². The van der Waals surface area contributed by atoms with E-state index in [1.807, 2.05) is 6.08 Å². The first-order chi connectivity index (χ1) is 9.68. The van der Waals surface area contributed by atoms with Gasteiger partial charge in [0, 0.05) is 0 Å². The molecule has 0 N–H and O–H groups in total. The van der Waals surface area contributed by atoms with Gasteiger partial charge in [0.05, 0.1) is 0 Å². The van der Waals surface area contributed by atoms with Gasteiger partial charge < -0.3 is 24.8 Å². The fraction of sp³-hybridized carbons (Fsp3) is 0.316. The Balaban J connectivity index is -0.000000223. The Morgan fingerprint density at radius 1 is 0.864 bits per heavy atom. The molecule has 22 heavy (non-hydrogen) atoms. The molecule has 0 amide bonds. The molecule has 0 heterocycles. The van der Waals surface area contributed by atoms with E-state index in [-0.39, 0.29) is 24.8 Å². The van der Waals surface area contributed by atoms with Crippen LogP contribution in [0.15, 0.2) is 53.2 Å². The average molecular weight is 414 g/mol. The van der Waals surface area contributed by atoms with Crippen molar-refractivity contribution < 1.29 is 49.0 Å². The van der Waals surface area contributed by atoms with Crippen LogP contribution in [0.1, 0.15) is 40.0 Å². The van der Waals surface area contributed by atoms with E-state index >= 15 is 0 Å². The van der Waals surface area contributed by atoms with Gasteiger partial charge >= 0.3 is 28.4 Å². The molecule has 3 heteroatoms. The molecule has 0 radical (unpaired) electrons. The first kappa shape index (κ1) is 26.7. The molecule has 0 atom stereocenters. The molecule has 0 aromatic carbocycles. The second-order valence-electron chi connectivity index (χ2n) is 4.43. The zero-order valence-corrected chi connectivity index (χ0v) is 17.5. The van der Waals surface area contributed by atoms with Crippen LogP contribution in [0.25, 0.3) is 0 Å². The molecule has 0 saturated heterocycles. The van der Waals surface area contributed by atoms with Crippen LogP contribution in [-0.2, 0) is 24.2 Å². The third-order valence-corrected chi connectivity index (χ3v) is 2.60. The molecule has 0 saturated carbocycles. The largest absolute Gasteiger partial charge is 1.00 e. The van der Waals surface area contributed by atoms with Crippen molar-refractivity contribution in [3.05, 3.63) is 71.4 Å². The summed E-state index contributed by atoms with van der Waals surface area (Å²) in [5.74, 6) is 0. The second kappa shape index (κ2) is 18.8. The minimum Gasteiger partial charge on any atom is -1.00 e. The molecule has 0 unspecified atom stereocenters. The van der Waals surface area contributed by atoms with Gasteiger partial charge in [0.2, 0.25) is 0 Å². The fourth-order valence-electron chi connectivity index (χ4n) is 1.53. The van der Waals surface area contributed by atoms with E-state index in [1.54, 1.807) is 0 Å². The fourth-order valence-corrected chi connectivity index (χ4v) is 1.53. The first-order valence-corrected chi connectivity index (χ1v) is 8.49. The van der Waals surface area contributed by atoms with Gasteiger partial charge in [-0.1, -0.05) is 13.8 Å². The predicted molar refractivity (Wildman–Crippen MR) is 85.7 cm³/mol. The Kier molecular flexibility index (Phi) is 22.8. The molecular formula is C19H23Cl2Zr-3. The van der Waals surface area contributed by atoms with Crippen molar-refractivity contribution in [2.45, 2.75) is 40.0 Å². The zero-order chi connectivity index (χ0) is 15.2. The van der Waals surface area contributed by atoms with Crippen LogP contribution in [0.3, 0.4) is 0 Å². The van der Waals surface area contributed by atoms with E-state index in [4.69, 9.17) is 0 Å². The summed E-state index contributed by atoms with van der Waals surface area (Å²) in [6.07, 6.45) is 24.9. The Labute approximate surface area is 164 Å². The molecule has 0 bridgehead atoms. The van der Waals surface area contributed by atoms with Crippen LogP contribution in [0.2, 0.25) is 0 Å². The first-order valence-electron chi connectivity index (χ1n) is 6.75. The summed E-state index contributed by atoms with van der Waals surface area (Å²) in [5.41, 5.74) is 3.89. The Hall–Kier alpha value is -0.227. The maximum absolute atomic E-state index is 3.34. The van der Waals surface area contributed by atoms with Gasteiger partial charge in [-0.25, -0.2) is 34.9 Å². The van der Waals surface area contributed by atoms with Gasteiger partial charge in [-0.05, 0) is 0 Å². The molecule has 0 spiro atoms. The van der Waals surface area contributed by atoms with E-state index in [2.05, 4.69) is 73.6 Å². The molecule has 0 nitrogen and oxygen atoms in total. The Morgan fingerprint density at radius 2 is 1.32 bits per heavy atom. The van der Waals surface area contributed by atoms with Gasteiger partial charge in [-0.2, -0.15) is 18.2 Å². The van der Waals surface area contributed by atoms with E-state index in [0.717, 1.165) is 19.3 Å². The van der Waals surface area contributed by atoms with Crippen molar-refractivity contribution in [1.29, 1.82) is 0 Å². The minimum absolute atomic E-state index is 0. The van der Waals surface area contributed by atoms with Crippen molar-refractivity contribution in [3.63, 3.8) is 0 Å². The van der Waals surface area contributed by atoms with Crippen LogP contribution >= 0.6 is 0 Å². The number of rotatable bonds is 0. The Morgan fingerprint density at radius 3 is 1.41 bits per heavy atom. The van der Waals surface area contributed by atoms with Crippen molar-refractivity contribution in [2.24, 2.45) is 0 Å². The van der Waals surface area contributed by atoms with Crippen LogP contribution in [0.4, 0.5) is 0 Å². The normalized spacial score (nSPS) is 15.4. The third kappa shape index (κ3) is 16.1. The molecule has 3 rings (SSSR count). The van der Waals surface area contributed by atoms with Crippen LogP contribution in [0, 0.1) is 18.2 Å². The molecule has 0 fully saturated rings. The summed E-state index contributed by atoms with van der Waals surface area (Å²) in [4.78, 5) is 0. The summed E-state index contributed by atoms with van der Waals surface area (Å²) >= 11 is 1.30. The summed E-state index contributed by atoms with van der Waals surface area (Å²) in [6, 6.07) is 0. The third-order valence-electron chi connectivity index (χ3n) is 2.60. The summed E-state index contributed by atoms with van der Waals surface area (Å²) in [7, 11) is 0. The number of halogens is 2. The quantitative estimate of drug-likeness (QED) is 0.450. The van der Waals surface area contributed by atoms with E-state index < -0.39 is 0 Å². The van der Waals surface area contributed by atoms with E-state index in [9.17, 15) is 0 Å². The zero-order valence-electron chi connectivity index (χ0n) is 13.5. The van der Waals surface area contributed by atoms with Gasteiger partial charge in [0.15, 0.2) is 0 Å². The van der Waals surface area contributed by atoms with E-state index in [0.29, 0.717) is 0 Å².